The van der Waals surface area contributed by atoms with E-state index in [1.807, 2.05) is 0 Å². The van der Waals surface area contributed by atoms with Crippen LogP contribution in [0.3, 0.4) is 0 Å². The second-order valence-corrected chi connectivity index (χ2v) is 6.05. The highest BCUT2D eigenvalue weighted by atomic mass is 19.4. The predicted molar refractivity (Wildman–Crippen MR) is 61.5 cm³/mol. The number of hydrogen-bond donors (Lipinski definition) is 1. The molecular formula is C13H22F3N. The van der Waals surface area contributed by atoms with Gasteiger partial charge < -0.3 is 5.73 Å². The first-order valence-electron chi connectivity index (χ1n) is 6.75. The monoisotopic (exact) mass is 249 g/mol. The standard InChI is InChI=1S/C13H22F3N/c14-13(15,16)11-6-3-7-12(17,9-11)8-10-4-1-2-5-10/h10-11H,1-9,17H2. The highest BCUT2D eigenvalue weighted by Crippen LogP contribution is 2.44. The van der Waals surface area contributed by atoms with Gasteiger partial charge in [-0.3, -0.25) is 0 Å². The van der Waals surface area contributed by atoms with E-state index in [9.17, 15) is 13.2 Å². The molecule has 0 bridgehead atoms. The molecule has 0 aliphatic heterocycles. The second kappa shape index (κ2) is 4.79. The molecule has 0 spiro atoms. The van der Waals surface area contributed by atoms with Crippen molar-refractivity contribution in [1.29, 1.82) is 0 Å². The molecule has 2 N–H and O–H groups in total. The molecule has 2 atom stereocenters. The SMILES string of the molecule is NC1(CC2CCCC2)CCCC(C(F)(F)F)C1. The Morgan fingerprint density at radius 1 is 1.06 bits per heavy atom. The van der Waals surface area contributed by atoms with Gasteiger partial charge in [-0.05, 0) is 31.6 Å². The first-order chi connectivity index (χ1) is 7.89. The van der Waals surface area contributed by atoms with Gasteiger partial charge in [-0.2, -0.15) is 13.2 Å². The van der Waals surface area contributed by atoms with Crippen LogP contribution in [0.1, 0.15) is 57.8 Å². The van der Waals surface area contributed by atoms with E-state index in [-0.39, 0.29) is 12.8 Å². The molecule has 1 nitrogen and oxygen atoms in total. The number of hydrogen-bond acceptors (Lipinski definition) is 1. The number of halogens is 3. The molecule has 2 fully saturated rings. The van der Waals surface area contributed by atoms with Crippen molar-refractivity contribution in [3.05, 3.63) is 0 Å². The molecule has 0 saturated heterocycles. The Kier molecular flexibility index (Phi) is 3.71. The van der Waals surface area contributed by atoms with Crippen molar-refractivity contribution in [2.75, 3.05) is 0 Å². The molecule has 2 aliphatic carbocycles. The third-order valence-corrected chi connectivity index (χ3v) is 4.51. The molecule has 0 aromatic rings. The number of alkyl halides is 3. The summed E-state index contributed by atoms with van der Waals surface area (Å²) in [6.07, 6.45) is 3.35. The first kappa shape index (κ1) is 13.2. The van der Waals surface area contributed by atoms with E-state index < -0.39 is 17.6 Å². The summed E-state index contributed by atoms with van der Waals surface area (Å²) >= 11 is 0. The van der Waals surface area contributed by atoms with Crippen molar-refractivity contribution >= 4 is 0 Å². The summed E-state index contributed by atoms with van der Waals surface area (Å²) in [6.45, 7) is 0. The fraction of sp³-hybridized carbons (Fsp3) is 1.00. The maximum atomic E-state index is 12.7. The molecule has 0 aromatic carbocycles. The van der Waals surface area contributed by atoms with Gasteiger partial charge in [0.15, 0.2) is 0 Å². The lowest BCUT2D eigenvalue weighted by atomic mass is 9.71. The molecule has 17 heavy (non-hydrogen) atoms. The van der Waals surface area contributed by atoms with Crippen LogP contribution in [0, 0.1) is 11.8 Å². The molecule has 0 aromatic heterocycles. The lowest BCUT2D eigenvalue weighted by molar-refractivity contribution is -0.187. The van der Waals surface area contributed by atoms with Gasteiger partial charge in [0.1, 0.15) is 0 Å². The number of nitrogens with two attached hydrogens (primary N) is 1. The van der Waals surface area contributed by atoms with Crippen molar-refractivity contribution in [3.8, 4) is 0 Å². The van der Waals surface area contributed by atoms with Crippen LogP contribution in [0.15, 0.2) is 0 Å². The molecule has 2 rings (SSSR count). The topological polar surface area (TPSA) is 26.0 Å². The van der Waals surface area contributed by atoms with Crippen LogP contribution in [0.25, 0.3) is 0 Å². The molecule has 0 heterocycles. The number of rotatable bonds is 2. The van der Waals surface area contributed by atoms with E-state index >= 15 is 0 Å². The van der Waals surface area contributed by atoms with E-state index in [1.165, 1.54) is 12.8 Å². The minimum Gasteiger partial charge on any atom is -0.325 e. The van der Waals surface area contributed by atoms with Crippen LogP contribution < -0.4 is 5.73 Å². The largest absolute Gasteiger partial charge is 0.391 e. The fourth-order valence-corrected chi connectivity index (χ4v) is 3.65. The predicted octanol–water partition coefficient (Wildman–Crippen LogP) is 4.02. The third kappa shape index (κ3) is 3.36. The minimum atomic E-state index is -4.05. The van der Waals surface area contributed by atoms with Crippen molar-refractivity contribution in [2.45, 2.75) is 69.5 Å². The summed E-state index contributed by atoms with van der Waals surface area (Å²) in [5.41, 5.74) is 5.68. The fourth-order valence-electron chi connectivity index (χ4n) is 3.65. The van der Waals surface area contributed by atoms with Crippen LogP contribution in [0.2, 0.25) is 0 Å². The summed E-state index contributed by atoms with van der Waals surface area (Å²) in [7, 11) is 0. The van der Waals surface area contributed by atoms with Crippen molar-refractivity contribution in [1.82, 2.24) is 0 Å². The van der Waals surface area contributed by atoms with Crippen LogP contribution >= 0.6 is 0 Å². The molecule has 2 saturated carbocycles. The Morgan fingerprint density at radius 3 is 2.29 bits per heavy atom. The molecule has 100 valence electrons. The third-order valence-electron chi connectivity index (χ3n) is 4.51. The molecular weight excluding hydrogens is 227 g/mol. The maximum Gasteiger partial charge on any atom is 0.391 e. The van der Waals surface area contributed by atoms with Gasteiger partial charge in [-0.1, -0.05) is 32.1 Å². The summed E-state index contributed by atoms with van der Waals surface area (Å²) < 4.78 is 38.2. The van der Waals surface area contributed by atoms with Crippen LogP contribution in [-0.2, 0) is 0 Å². The van der Waals surface area contributed by atoms with Crippen molar-refractivity contribution in [3.63, 3.8) is 0 Å². The van der Waals surface area contributed by atoms with E-state index in [0.29, 0.717) is 12.3 Å². The van der Waals surface area contributed by atoms with Crippen LogP contribution in [0.5, 0.6) is 0 Å². The van der Waals surface area contributed by atoms with Gasteiger partial charge in [0.25, 0.3) is 0 Å². The van der Waals surface area contributed by atoms with Crippen LogP contribution in [-0.4, -0.2) is 11.7 Å². The summed E-state index contributed by atoms with van der Waals surface area (Å²) in [5.74, 6) is -0.588. The van der Waals surface area contributed by atoms with Crippen molar-refractivity contribution < 1.29 is 13.2 Å². The summed E-state index contributed by atoms with van der Waals surface area (Å²) in [4.78, 5) is 0. The minimum absolute atomic E-state index is 0.146. The Bertz CT molecular complexity index is 258. The molecule has 4 heteroatoms. The smallest absolute Gasteiger partial charge is 0.325 e. The van der Waals surface area contributed by atoms with Gasteiger partial charge in [-0.25, -0.2) is 0 Å². The lowest BCUT2D eigenvalue weighted by Crippen LogP contribution is -2.48. The van der Waals surface area contributed by atoms with E-state index in [0.717, 1.165) is 25.7 Å². The molecule has 2 unspecified atom stereocenters. The van der Waals surface area contributed by atoms with Crippen LogP contribution in [0.4, 0.5) is 13.2 Å². The van der Waals surface area contributed by atoms with Gasteiger partial charge >= 0.3 is 6.18 Å². The zero-order chi connectivity index (χ0) is 12.5. The summed E-state index contributed by atoms with van der Waals surface area (Å²) in [6, 6.07) is 0. The quantitative estimate of drug-likeness (QED) is 0.786. The van der Waals surface area contributed by atoms with Gasteiger partial charge in [0, 0.05) is 5.54 Å². The Hall–Kier alpha value is -0.250. The molecule has 0 radical (unpaired) electrons. The Morgan fingerprint density at radius 2 is 1.71 bits per heavy atom. The second-order valence-electron chi connectivity index (χ2n) is 6.05. The maximum absolute atomic E-state index is 12.7. The Balaban J connectivity index is 1.94. The Labute approximate surface area is 101 Å². The average Bonchev–Trinajstić information content (AvgIpc) is 2.68. The zero-order valence-electron chi connectivity index (χ0n) is 10.2. The summed E-state index contributed by atoms with van der Waals surface area (Å²) in [5, 5.41) is 0. The van der Waals surface area contributed by atoms with Crippen molar-refractivity contribution in [2.24, 2.45) is 17.6 Å². The molecule has 2 aliphatic rings. The van der Waals surface area contributed by atoms with E-state index in [2.05, 4.69) is 0 Å². The van der Waals surface area contributed by atoms with E-state index in [1.54, 1.807) is 0 Å². The lowest BCUT2D eigenvalue weighted by Gasteiger charge is -2.40. The average molecular weight is 249 g/mol. The highest BCUT2D eigenvalue weighted by molar-refractivity contribution is 4.94. The van der Waals surface area contributed by atoms with Gasteiger partial charge in [0.05, 0.1) is 5.92 Å². The normalized spacial score (nSPS) is 36.4. The highest BCUT2D eigenvalue weighted by Gasteiger charge is 2.46. The van der Waals surface area contributed by atoms with Gasteiger partial charge in [0.2, 0.25) is 0 Å². The first-order valence-corrected chi connectivity index (χ1v) is 6.75. The molecule has 0 amide bonds. The van der Waals surface area contributed by atoms with Gasteiger partial charge in [-0.15, -0.1) is 0 Å². The van der Waals surface area contributed by atoms with E-state index in [4.69, 9.17) is 5.73 Å². The zero-order valence-corrected chi connectivity index (χ0v) is 10.2.